The first-order valence-electron chi connectivity index (χ1n) is 25.3. The predicted octanol–water partition coefficient (Wildman–Crippen LogP) is -2.91. The van der Waals surface area contributed by atoms with Crippen LogP contribution in [-0.2, 0) is 56.0 Å². The first kappa shape index (κ1) is 57.7. The highest BCUT2D eigenvalue weighted by Crippen LogP contribution is 2.26. The Morgan fingerprint density at radius 3 is 1.74 bits per heavy atom. The zero-order valence-electron chi connectivity index (χ0n) is 41.7. The zero-order chi connectivity index (χ0) is 53.7. The Hall–Kier alpha value is -7.18. The number of aliphatic carboxylic acids is 1. The summed E-state index contributed by atoms with van der Waals surface area (Å²) < 4.78 is 0. The fraction of sp³-hybridized carbons (Fsp3) is 0.560. The van der Waals surface area contributed by atoms with Gasteiger partial charge < -0.3 is 74.4 Å². The fourth-order valence-electron chi connectivity index (χ4n) is 9.53. The normalized spacial score (nSPS) is 19.3. The highest BCUT2D eigenvalue weighted by molar-refractivity contribution is 5.98. The molecular weight excluding hydrogens is 959 g/mol. The highest BCUT2D eigenvalue weighted by atomic mass is 16.4. The van der Waals surface area contributed by atoms with Crippen molar-refractivity contribution in [1.82, 2.24) is 41.3 Å². The molecule has 0 aliphatic carbocycles. The maximum atomic E-state index is 14.2. The van der Waals surface area contributed by atoms with E-state index in [4.69, 9.17) is 22.9 Å². The molecule has 3 fully saturated rings. The van der Waals surface area contributed by atoms with Crippen molar-refractivity contribution >= 4 is 59.2 Å². The van der Waals surface area contributed by atoms with Crippen molar-refractivity contribution in [2.45, 2.75) is 132 Å². The van der Waals surface area contributed by atoms with Crippen molar-refractivity contribution in [2.75, 3.05) is 45.9 Å². The van der Waals surface area contributed by atoms with Gasteiger partial charge in [0.05, 0.1) is 19.2 Å². The topological polar surface area (TPSA) is 380 Å². The molecule has 2 aromatic carbocycles. The van der Waals surface area contributed by atoms with Gasteiger partial charge in [0.2, 0.25) is 47.3 Å². The number of carboxylic acids is 1. The summed E-state index contributed by atoms with van der Waals surface area (Å²) in [6.07, 6.45) is 4.25. The third kappa shape index (κ3) is 16.7. The number of rotatable bonds is 27. The molecule has 8 atom stereocenters. The second-order valence-electron chi connectivity index (χ2n) is 18.8. The van der Waals surface area contributed by atoms with Gasteiger partial charge in [-0.15, -0.1) is 0 Å². The molecule has 0 spiro atoms. The lowest BCUT2D eigenvalue weighted by Gasteiger charge is -2.33. The van der Waals surface area contributed by atoms with Crippen molar-refractivity contribution in [3.05, 3.63) is 71.8 Å². The predicted molar refractivity (Wildman–Crippen MR) is 271 cm³/mol. The van der Waals surface area contributed by atoms with Crippen molar-refractivity contribution in [2.24, 2.45) is 27.9 Å². The molecule has 24 heteroatoms. The van der Waals surface area contributed by atoms with Crippen LogP contribution in [0.2, 0.25) is 0 Å². The Balaban J connectivity index is 1.20. The number of nitrogens with two attached hydrogens (primary N) is 4. The Morgan fingerprint density at radius 2 is 1.16 bits per heavy atom. The van der Waals surface area contributed by atoms with Crippen LogP contribution in [0, 0.1) is 0 Å². The number of likely N-dealkylation sites (tertiary alicyclic amines) is 3. The number of carboxylic acid groups (broad SMARTS) is 1. The number of carbonyl (C=O) groups excluding carboxylic acids is 8. The maximum absolute atomic E-state index is 14.2. The average Bonchev–Trinajstić information content (AvgIpc) is 4.20. The number of unbranched alkanes of at least 4 members (excludes halogenated alkanes) is 1. The van der Waals surface area contributed by atoms with Gasteiger partial charge in [0, 0.05) is 39.0 Å². The Labute approximate surface area is 430 Å². The molecule has 24 nitrogen and oxygen atoms in total. The summed E-state index contributed by atoms with van der Waals surface area (Å²) in [6, 6.07) is 8.31. The minimum atomic E-state index is -1.54. The zero-order valence-corrected chi connectivity index (χ0v) is 41.7. The summed E-state index contributed by atoms with van der Waals surface area (Å²) in [5.74, 6) is -6.60. The van der Waals surface area contributed by atoms with Crippen LogP contribution in [0.25, 0.3) is 0 Å². The quantitative estimate of drug-likeness (QED) is 0.0243. The third-order valence-electron chi connectivity index (χ3n) is 13.4. The number of hydrogen-bond acceptors (Lipinski definition) is 13. The van der Waals surface area contributed by atoms with E-state index in [1.165, 1.54) is 14.7 Å². The van der Waals surface area contributed by atoms with Crippen LogP contribution < -0.4 is 49.5 Å². The largest absolute Gasteiger partial charge is 0.480 e. The number of aliphatic hydroxyl groups excluding tert-OH is 1. The van der Waals surface area contributed by atoms with Crippen molar-refractivity contribution < 1.29 is 53.4 Å². The molecule has 0 bridgehead atoms. The molecule has 0 unspecified atom stereocenters. The maximum Gasteiger partial charge on any atom is 0.326 e. The lowest BCUT2D eigenvalue weighted by Crippen LogP contribution is -2.59. The molecule has 74 heavy (non-hydrogen) atoms. The van der Waals surface area contributed by atoms with Crippen LogP contribution >= 0.6 is 0 Å². The number of nitrogens with one attached hydrogen (secondary N) is 5. The first-order valence-corrected chi connectivity index (χ1v) is 25.3. The number of hydrogen-bond donors (Lipinski definition) is 11. The number of aliphatic imine (C=N–C) groups is 1. The number of aliphatic hydroxyl groups is 1. The lowest BCUT2D eigenvalue weighted by atomic mass is 10.0. The van der Waals surface area contributed by atoms with Gasteiger partial charge in [0.15, 0.2) is 5.96 Å². The number of carbonyl (C=O) groups is 9. The van der Waals surface area contributed by atoms with Crippen molar-refractivity contribution in [3.63, 3.8) is 0 Å². The minimum Gasteiger partial charge on any atom is -0.480 e. The number of amides is 8. The second kappa shape index (κ2) is 28.9. The Bertz CT molecular complexity index is 2290. The van der Waals surface area contributed by atoms with Gasteiger partial charge in [-0.3, -0.25) is 43.3 Å². The lowest BCUT2D eigenvalue weighted by molar-refractivity contribution is -0.148. The Morgan fingerprint density at radius 1 is 0.622 bits per heavy atom. The van der Waals surface area contributed by atoms with Gasteiger partial charge in [-0.2, -0.15) is 0 Å². The molecule has 0 radical (unpaired) electrons. The highest BCUT2D eigenvalue weighted by Gasteiger charge is 2.44. The third-order valence-corrected chi connectivity index (χ3v) is 13.4. The van der Waals surface area contributed by atoms with Crippen molar-refractivity contribution in [3.8, 4) is 0 Å². The summed E-state index contributed by atoms with van der Waals surface area (Å²) >= 11 is 0. The van der Waals surface area contributed by atoms with Crippen LogP contribution in [-0.4, -0.2) is 178 Å². The van der Waals surface area contributed by atoms with Crippen LogP contribution in [0.5, 0.6) is 0 Å². The van der Waals surface area contributed by atoms with Gasteiger partial charge in [-0.25, -0.2) is 4.79 Å². The molecular formula is C50H73N13O11. The summed E-state index contributed by atoms with van der Waals surface area (Å²) in [6.45, 7) is -0.293. The SMILES string of the molecule is NCCCC[C@@H](N)C(=O)N[C@@H](CCCN=C(N)N)C(=O)N1CCC[C@@H]1C(=O)N1CCC[C@@H]1C(=O)NCC(=O)N[C@H](Cc1ccccc1)C(=O)N[C@H](CO)C(=O)N1CCC[C@@H]1C(=O)N[C@@H](Cc1ccccc1)C(=O)O. The molecule has 2 aromatic rings. The minimum absolute atomic E-state index is 0.00123. The van der Waals surface area contributed by atoms with E-state index in [0.717, 1.165) is 0 Å². The first-order chi connectivity index (χ1) is 35.5. The standard InChI is InChI=1S/C50H73N13O11/c51-22-8-7-17-33(52)42(66)58-34(18-9-23-55-50(53)54)46(70)63-26-12-21-40(63)48(72)62-25-10-19-38(62)44(68)56-29-41(65)57-35(27-31-13-3-1-4-14-31)43(67)60-37(30-64)47(71)61-24-11-20-39(61)45(69)59-36(49(73)74)28-32-15-5-2-6-16-32/h1-6,13-16,33-40,64H,7-12,17-30,51-52H2,(H,56,68)(H,57,65)(H,58,66)(H,59,69)(H,60,67)(H,73,74)(H4,53,54,55)/t33-,34+,35-,36+,37-,38-,39-,40-/m1/s1. The number of nitrogens with zero attached hydrogens (tertiary/aromatic N) is 4. The van der Waals surface area contributed by atoms with E-state index in [2.05, 4.69) is 31.6 Å². The Kier molecular flexibility index (Phi) is 22.5. The van der Waals surface area contributed by atoms with E-state index in [1.807, 2.05) is 0 Å². The van der Waals surface area contributed by atoms with Crippen molar-refractivity contribution in [1.29, 1.82) is 0 Å². The van der Waals surface area contributed by atoms with Gasteiger partial charge in [0.25, 0.3) is 0 Å². The van der Waals surface area contributed by atoms with Gasteiger partial charge in [-0.05, 0) is 81.9 Å². The van der Waals surface area contributed by atoms with Crippen LogP contribution in [0.1, 0.15) is 81.8 Å². The smallest absolute Gasteiger partial charge is 0.326 e. The molecule has 404 valence electrons. The molecule has 0 aromatic heterocycles. The van der Waals surface area contributed by atoms with Crippen LogP contribution in [0.15, 0.2) is 65.7 Å². The van der Waals surface area contributed by atoms with E-state index in [1.54, 1.807) is 60.7 Å². The molecule has 8 amide bonds. The second-order valence-corrected chi connectivity index (χ2v) is 18.8. The van der Waals surface area contributed by atoms with Crippen LogP contribution in [0.3, 0.4) is 0 Å². The van der Waals surface area contributed by atoms with E-state index in [0.29, 0.717) is 69.0 Å². The number of benzene rings is 2. The molecule has 3 aliphatic rings. The van der Waals surface area contributed by atoms with E-state index in [-0.39, 0.29) is 64.2 Å². The van der Waals surface area contributed by atoms with E-state index in [9.17, 15) is 53.4 Å². The molecule has 3 heterocycles. The molecule has 5 rings (SSSR count). The van der Waals surface area contributed by atoms with Gasteiger partial charge in [0.1, 0.15) is 42.3 Å². The van der Waals surface area contributed by atoms with Crippen LogP contribution in [0.4, 0.5) is 0 Å². The molecule has 3 saturated heterocycles. The monoisotopic (exact) mass is 1030 g/mol. The summed E-state index contributed by atoms with van der Waals surface area (Å²) in [5, 5.41) is 33.3. The summed E-state index contributed by atoms with van der Waals surface area (Å²) in [7, 11) is 0. The molecule has 0 saturated carbocycles. The summed E-state index contributed by atoms with van der Waals surface area (Å²) in [5.41, 5.74) is 24.0. The summed E-state index contributed by atoms with van der Waals surface area (Å²) in [4.78, 5) is 130. The average molecular weight is 1030 g/mol. The van der Waals surface area contributed by atoms with E-state index >= 15 is 0 Å². The van der Waals surface area contributed by atoms with E-state index < -0.39 is 115 Å². The fourth-order valence-corrected chi connectivity index (χ4v) is 9.53. The van der Waals surface area contributed by atoms with Gasteiger partial charge >= 0.3 is 5.97 Å². The van der Waals surface area contributed by atoms with Gasteiger partial charge in [-0.1, -0.05) is 67.1 Å². The molecule has 3 aliphatic heterocycles. The number of guanidine groups is 1. The molecule has 15 N–H and O–H groups in total.